The lowest BCUT2D eigenvalue weighted by atomic mass is 10.0. The maximum Gasteiger partial charge on any atom is 0.106 e. The first-order valence-corrected chi connectivity index (χ1v) is 5.73. The number of rotatable bonds is 3. The van der Waals surface area contributed by atoms with Gasteiger partial charge in [-0.15, -0.1) is 0 Å². The van der Waals surface area contributed by atoms with Gasteiger partial charge in [-0.2, -0.15) is 0 Å². The Bertz CT molecular complexity index is 499. The lowest BCUT2D eigenvalue weighted by Gasteiger charge is -2.09. The van der Waals surface area contributed by atoms with Crippen molar-refractivity contribution in [2.45, 2.75) is 33.3 Å². The number of aromatic nitrogens is 1. The van der Waals surface area contributed by atoms with Crippen LogP contribution < -0.4 is 0 Å². The molecule has 0 aliphatic heterocycles. The lowest BCUT2D eigenvalue weighted by Crippen LogP contribution is -2.03. The van der Waals surface area contributed by atoms with Crippen molar-refractivity contribution in [3.8, 4) is 0 Å². The second-order valence-electron chi connectivity index (χ2n) is 4.42. The van der Waals surface area contributed by atoms with E-state index < -0.39 is 6.10 Å². The summed E-state index contributed by atoms with van der Waals surface area (Å²) in [5.41, 5.74) is 2.87. The van der Waals surface area contributed by atoms with Crippen LogP contribution >= 0.6 is 0 Å². The average Bonchev–Trinajstić information content (AvgIpc) is 2.61. The summed E-state index contributed by atoms with van der Waals surface area (Å²) in [6.07, 6.45) is 1.78. The number of aliphatic hydroxyl groups excluding tert-OH is 1. The molecule has 3 nitrogen and oxygen atoms in total. The molecule has 2 heterocycles. The van der Waals surface area contributed by atoms with Crippen LogP contribution in [-0.2, 0) is 6.42 Å². The van der Waals surface area contributed by atoms with Crippen LogP contribution in [0.2, 0.25) is 0 Å². The number of nitrogens with zero attached hydrogens (tertiary/aromatic N) is 1. The van der Waals surface area contributed by atoms with E-state index in [-0.39, 0.29) is 0 Å². The van der Waals surface area contributed by atoms with Gasteiger partial charge in [0.05, 0.1) is 6.10 Å². The highest BCUT2D eigenvalue weighted by atomic mass is 16.3. The van der Waals surface area contributed by atoms with Crippen molar-refractivity contribution in [3.05, 3.63) is 52.7 Å². The third-order valence-electron chi connectivity index (χ3n) is 2.81. The van der Waals surface area contributed by atoms with E-state index in [0.717, 1.165) is 28.3 Å². The average molecular weight is 231 g/mol. The zero-order chi connectivity index (χ0) is 12.4. The monoisotopic (exact) mass is 231 g/mol. The van der Waals surface area contributed by atoms with E-state index in [1.807, 2.05) is 45.2 Å². The first-order valence-electron chi connectivity index (χ1n) is 5.73. The Labute approximate surface area is 101 Å². The highest BCUT2D eigenvalue weighted by molar-refractivity contribution is 5.24. The van der Waals surface area contributed by atoms with E-state index in [1.165, 1.54) is 0 Å². The van der Waals surface area contributed by atoms with Gasteiger partial charge in [-0.25, -0.2) is 0 Å². The van der Waals surface area contributed by atoms with Crippen LogP contribution in [0.15, 0.2) is 28.8 Å². The Hall–Kier alpha value is -1.61. The molecule has 1 N–H and O–H groups in total. The second kappa shape index (κ2) is 4.72. The first-order chi connectivity index (χ1) is 8.06. The van der Waals surface area contributed by atoms with Crippen molar-refractivity contribution < 1.29 is 9.52 Å². The fourth-order valence-electron chi connectivity index (χ4n) is 1.91. The van der Waals surface area contributed by atoms with Crippen molar-refractivity contribution in [2.24, 2.45) is 0 Å². The molecule has 3 heteroatoms. The molecule has 0 saturated carbocycles. The third kappa shape index (κ3) is 2.74. The molecule has 0 fully saturated rings. The molecule has 0 bridgehead atoms. The summed E-state index contributed by atoms with van der Waals surface area (Å²) < 4.78 is 5.41. The minimum absolute atomic E-state index is 0.514. The Balaban J connectivity index is 2.14. The SMILES string of the molecule is Cc1ccc(CC(O)c2cc(C)oc2C)nc1. The van der Waals surface area contributed by atoms with Crippen LogP contribution in [0.25, 0.3) is 0 Å². The molecule has 0 aliphatic rings. The predicted octanol–water partition coefficient (Wildman–Crippen LogP) is 2.88. The van der Waals surface area contributed by atoms with Gasteiger partial charge in [0.1, 0.15) is 11.5 Å². The molecule has 2 aromatic heterocycles. The van der Waals surface area contributed by atoms with Gasteiger partial charge in [0.25, 0.3) is 0 Å². The highest BCUT2D eigenvalue weighted by Gasteiger charge is 2.15. The van der Waals surface area contributed by atoms with Crippen LogP contribution in [0.1, 0.15) is 34.4 Å². The minimum Gasteiger partial charge on any atom is -0.466 e. The third-order valence-corrected chi connectivity index (χ3v) is 2.81. The Morgan fingerprint density at radius 2 is 2.06 bits per heavy atom. The molecule has 1 unspecified atom stereocenters. The number of aliphatic hydroxyl groups is 1. The van der Waals surface area contributed by atoms with E-state index >= 15 is 0 Å². The normalized spacial score (nSPS) is 12.7. The lowest BCUT2D eigenvalue weighted by molar-refractivity contribution is 0.175. The molecule has 0 radical (unpaired) electrons. The van der Waals surface area contributed by atoms with E-state index in [1.54, 1.807) is 0 Å². The second-order valence-corrected chi connectivity index (χ2v) is 4.42. The molecular weight excluding hydrogens is 214 g/mol. The first kappa shape index (κ1) is 11.9. The van der Waals surface area contributed by atoms with Crippen molar-refractivity contribution >= 4 is 0 Å². The maximum absolute atomic E-state index is 10.1. The number of hydrogen-bond acceptors (Lipinski definition) is 3. The number of furan rings is 1. The molecule has 0 amide bonds. The summed E-state index contributed by atoms with van der Waals surface area (Å²) in [4.78, 5) is 4.29. The summed E-state index contributed by atoms with van der Waals surface area (Å²) in [5.74, 6) is 1.61. The van der Waals surface area contributed by atoms with Gasteiger partial charge in [-0.1, -0.05) is 6.07 Å². The molecule has 0 saturated heterocycles. The summed E-state index contributed by atoms with van der Waals surface area (Å²) in [6.45, 7) is 5.75. The largest absolute Gasteiger partial charge is 0.466 e. The molecule has 2 rings (SSSR count). The molecule has 0 spiro atoms. The fourth-order valence-corrected chi connectivity index (χ4v) is 1.91. The van der Waals surface area contributed by atoms with Crippen molar-refractivity contribution in [1.82, 2.24) is 4.98 Å². The molecule has 1 atom stereocenters. The highest BCUT2D eigenvalue weighted by Crippen LogP contribution is 2.24. The van der Waals surface area contributed by atoms with Crippen molar-refractivity contribution in [1.29, 1.82) is 0 Å². The zero-order valence-corrected chi connectivity index (χ0v) is 10.4. The van der Waals surface area contributed by atoms with E-state index in [2.05, 4.69) is 4.98 Å². The van der Waals surface area contributed by atoms with Gasteiger partial charge in [0.15, 0.2) is 0 Å². The van der Waals surface area contributed by atoms with Gasteiger partial charge in [-0.3, -0.25) is 4.98 Å². The standard InChI is InChI=1S/C14H17NO2/c1-9-4-5-12(15-8-9)7-14(16)13-6-10(2)17-11(13)3/h4-6,8,14,16H,7H2,1-3H3. The summed E-state index contributed by atoms with van der Waals surface area (Å²) >= 11 is 0. The van der Waals surface area contributed by atoms with Crippen molar-refractivity contribution in [3.63, 3.8) is 0 Å². The Morgan fingerprint density at radius 1 is 1.29 bits per heavy atom. The molecule has 0 aromatic carbocycles. The number of pyridine rings is 1. The van der Waals surface area contributed by atoms with Gasteiger partial charge < -0.3 is 9.52 Å². The van der Waals surface area contributed by atoms with Crippen LogP contribution in [0.4, 0.5) is 0 Å². The Kier molecular flexibility index (Phi) is 3.29. The van der Waals surface area contributed by atoms with Crippen LogP contribution in [0, 0.1) is 20.8 Å². The molecule has 2 aromatic rings. The topological polar surface area (TPSA) is 46.3 Å². The predicted molar refractivity (Wildman–Crippen MR) is 65.8 cm³/mol. The van der Waals surface area contributed by atoms with Gasteiger partial charge >= 0.3 is 0 Å². The van der Waals surface area contributed by atoms with Gasteiger partial charge in [0.2, 0.25) is 0 Å². The Morgan fingerprint density at radius 3 is 2.59 bits per heavy atom. The summed E-state index contributed by atoms with van der Waals surface area (Å²) in [6, 6.07) is 5.83. The maximum atomic E-state index is 10.1. The fraction of sp³-hybridized carbons (Fsp3) is 0.357. The summed E-state index contributed by atoms with van der Waals surface area (Å²) in [7, 11) is 0. The molecule has 90 valence electrons. The van der Waals surface area contributed by atoms with Gasteiger partial charge in [-0.05, 0) is 38.5 Å². The number of hydrogen-bond donors (Lipinski definition) is 1. The smallest absolute Gasteiger partial charge is 0.106 e. The summed E-state index contributed by atoms with van der Waals surface area (Å²) in [5, 5.41) is 10.1. The van der Waals surface area contributed by atoms with E-state index in [9.17, 15) is 5.11 Å². The van der Waals surface area contributed by atoms with E-state index in [4.69, 9.17) is 4.42 Å². The van der Waals surface area contributed by atoms with Crippen molar-refractivity contribution in [2.75, 3.05) is 0 Å². The van der Waals surface area contributed by atoms with Crippen LogP contribution in [0.3, 0.4) is 0 Å². The zero-order valence-electron chi connectivity index (χ0n) is 10.4. The molecule has 0 aliphatic carbocycles. The minimum atomic E-state index is -0.553. The quantitative estimate of drug-likeness (QED) is 0.883. The van der Waals surface area contributed by atoms with Crippen LogP contribution in [0.5, 0.6) is 0 Å². The van der Waals surface area contributed by atoms with Crippen LogP contribution in [-0.4, -0.2) is 10.1 Å². The van der Waals surface area contributed by atoms with E-state index in [0.29, 0.717) is 6.42 Å². The molecule has 17 heavy (non-hydrogen) atoms. The van der Waals surface area contributed by atoms with Gasteiger partial charge in [0, 0.05) is 23.9 Å². The number of aryl methyl sites for hydroxylation is 3. The molecular formula is C14H17NO2.